The standard InChI is InChI=1S/C23H16Cl2O9S.3Na/c1-9-3-11(5-14(20(9)26)22(28)29)18(12-4-10(2)21(27)15(6-12)23(30)31)19-16(24)7-13(8-17(19)25)35(32,33)34;;;/h3-8,26H,1-2H3,(H,28,29)(H,30,31)(H,32,33,34);;;/q;3*+1/p-3/b18-12-;;;. The quantitative estimate of drug-likeness (QED) is 0.197. The smallest absolute Gasteiger partial charge is 0.872 e. The number of carbonyl (C=O) groups is 3. The van der Waals surface area contributed by atoms with E-state index >= 15 is 0 Å². The maximum absolute atomic E-state index is 12.3. The Morgan fingerprint density at radius 2 is 1.42 bits per heavy atom. The van der Waals surface area contributed by atoms with Crippen molar-refractivity contribution in [3.05, 3.63) is 85.4 Å². The summed E-state index contributed by atoms with van der Waals surface area (Å²) in [7, 11) is -4.71. The van der Waals surface area contributed by atoms with Crippen molar-refractivity contribution in [1.82, 2.24) is 0 Å². The van der Waals surface area contributed by atoms with Crippen molar-refractivity contribution in [3.63, 3.8) is 0 Å². The van der Waals surface area contributed by atoms with E-state index in [9.17, 15) is 42.7 Å². The molecule has 0 saturated heterocycles. The maximum Gasteiger partial charge on any atom is 1.00 e. The van der Waals surface area contributed by atoms with Crippen LogP contribution in [0.4, 0.5) is 0 Å². The van der Waals surface area contributed by atoms with E-state index < -0.39 is 49.6 Å². The largest absolute Gasteiger partial charge is 1.00 e. The van der Waals surface area contributed by atoms with Crippen LogP contribution in [-0.4, -0.2) is 30.7 Å². The Hall–Kier alpha value is -0.440. The van der Waals surface area contributed by atoms with E-state index in [0.29, 0.717) is 0 Å². The summed E-state index contributed by atoms with van der Waals surface area (Å²) in [5.74, 6) is -5.21. The summed E-state index contributed by atoms with van der Waals surface area (Å²) in [6, 6.07) is 4.00. The topological polar surface area (TPSA) is 175 Å². The summed E-state index contributed by atoms with van der Waals surface area (Å²) in [6.07, 6.45) is 2.25. The predicted octanol–water partition coefficient (Wildman–Crippen LogP) is -8.00. The van der Waals surface area contributed by atoms with E-state index in [4.69, 9.17) is 23.2 Å². The molecular weight excluding hydrogens is 592 g/mol. The zero-order valence-electron chi connectivity index (χ0n) is 20.8. The normalized spacial score (nSPS) is 14.2. The van der Waals surface area contributed by atoms with Crippen molar-refractivity contribution in [3.8, 4) is 5.75 Å². The van der Waals surface area contributed by atoms with Gasteiger partial charge in [0.05, 0.1) is 26.9 Å². The molecule has 15 heteroatoms. The van der Waals surface area contributed by atoms with Crippen LogP contribution in [0.25, 0.3) is 5.57 Å². The van der Waals surface area contributed by atoms with Crippen molar-refractivity contribution in [1.29, 1.82) is 0 Å². The van der Waals surface area contributed by atoms with Gasteiger partial charge in [-0.15, -0.1) is 0 Å². The summed E-state index contributed by atoms with van der Waals surface area (Å²) < 4.78 is 32.5. The van der Waals surface area contributed by atoms with Crippen molar-refractivity contribution < 1.29 is 131 Å². The van der Waals surface area contributed by atoms with Gasteiger partial charge in [-0.1, -0.05) is 40.6 Å². The number of carbonyl (C=O) groups excluding carboxylic acids is 3. The van der Waals surface area contributed by atoms with Crippen LogP contribution in [0.15, 0.2) is 58.0 Å². The van der Waals surface area contributed by atoms with Gasteiger partial charge in [0.25, 0.3) is 10.1 Å². The molecule has 1 aliphatic rings. The molecule has 0 saturated carbocycles. The number of benzene rings is 2. The molecule has 0 radical (unpaired) electrons. The fourth-order valence-electron chi connectivity index (χ4n) is 3.53. The number of aliphatic carboxylic acids is 1. The minimum absolute atomic E-state index is 0. The monoisotopic (exact) mass is 604 g/mol. The number of halogens is 2. The molecule has 182 valence electrons. The minimum atomic E-state index is -4.71. The van der Waals surface area contributed by atoms with Crippen LogP contribution in [0.3, 0.4) is 0 Å². The molecule has 0 spiro atoms. The van der Waals surface area contributed by atoms with Crippen LogP contribution in [-0.2, 0) is 19.7 Å². The first kappa shape index (κ1) is 37.6. The molecule has 2 aromatic carbocycles. The number of ketones is 1. The van der Waals surface area contributed by atoms with Crippen LogP contribution in [0.1, 0.15) is 34.0 Å². The van der Waals surface area contributed by atoms with E-state index in [1.54, 1.807) is 0 Å². The molecule has 38 heavy (non-hydrogen) atoms. The molecule has 1 aliphatic carbocycles. The number of carboxylic acid groups (broad SMARTS) is 2. The number of aryl methyl sites for hydroxylation is 1. The van der Waals surface area contributed by atoms with Gasteiger partial charge < -0.3 is 24.9 Å². The summed E-state index contributed by atoms with van der Waals surface area (Å²) in [4.78, 5) is 34.8. The zero-order valence-corrected chi connectivity index (χ0v) is 29.2. The van der Waals surface area contributed by atoms with E-state index in [2.05, 4.69) is 0 Å². The van der Waals surface area contributed by atoms with Crippen molar-refractivity contribution >= 4 is 56.6 Å². The Kier molecular flexibility index (Phi) is 14.3. The summed E-state index contributed by atoms with van der Waals surface area (Å²) >= 11 is 12.6. The van der Waals surface area contributed by atoms with Gasteiger partial charge in [-0.25, -0.2) is 0 Å². The first-order valence-electron chi connectivity index (χ1n) is 9.54. The molecule has 0 amide bonds. The molecule has 0 bridgehead atoms. The molecule has 2 aromatic rings. The number of rotatable bonds is 5. The van der Waals surface area contributed by atoms with Crippen LogP contribution in [0.5, 0.6) is 5.75 Å². The van der Waals surface area contributed by atoms with Crippen LogP contribution >= 0.6 is 23.2 Å². The van der Waals surface area contributed by atoms with E-state index in [1.165, 1.54) is 26.0 Å². The summed E-state index contributed by atoms with van der Waals surface area (Å²) in [6.45, 7) is 2.66. The molecule has 3 rings (SSSR count). The number of Topliss-reactive ketones (excluding diaryl/α,β-unsaturated/α-hetero) is 1. The number of allylic oxidation sites excluding steroid dienone is 4. The van der Waals surface area contributed by atoms with E-state index in [0.717, 1.165) is 24.3 Å². The molecule has 9 nitrogen and oxygen atoms in total. The number of hydrogen-bond donors (Lipinski definition) is 1. The van der Waals surface area contributed by atoms with Gasteiger partial charge in [0.1, 0.15) is 0 Å². The third kappa shape index (κ3) is 7.85. The molecule has 0 heterocycles. The Balaban J connectivity index is 0.00000456. The van der Waals surface area contributed by atoms with Gasteiger partial charge in [-0.05, 0) is 72.0 Å². The molecule has 0 unspecified atom stereocenters. The third-order valence-electron chi connectivity index (χ3n) is 5.13. The first-order valence-corrected chi connectivity index (χ1v) is 11.7. The number of carboxylic acids is 2. The summed E-state index contributed by atoms with van der Waals surface area (Å²) in [5.41, 5.74) is -1.53. The Labute approximate surface area is 294 Å². The average Bonchev–Trinajstić information content (AvgIpc) is 2.73. The van der Waals surface area contributed by atoms with Gasteiger partial charge in [0.15, 0.2) is 5.78 Å². The van der Waals surface area contributed by atoms with Gasteiger partial charge in [0, 0.05) is 11.1 Å². The van der Waals surface area contributed by atoms with Crippen LogP contribution < -0.4 is 104 Å². The SMILES string of the molecule is CC1=C/C(=C(\c2cc(C)c([O-])c(C(=O)[O-])c2)c2c(Cl)cc(S(=O)(=O)O)cc2Cl)C=C(C(=O)[O-])C1=O.[Na+].[Na+].[Na+]. The van der Waals surface area contributed by atoms with E-state index in [-0.39, 0.29) is 132 Å². The fraction of sp³-hybridized carbons (Fsp3) is 0.0870. The van der Waals surface area contributed by atoms with Crippen molar-refractivity contribution in [2.75, 3.05) is 0 Å². The minimum Gasteiger partial charge on any atom is -0.872 e. The second-order valence-electron chi connectivity index (χ2n) is 7.53. The van der Waals surface area contributed by atoms with Gasteiger partial charge in [-0.2, -0.15) is 8.42 Å². The maximum atomic E-state index is 12.3. The molecule has 1 N–H and O–H groups in total. The van der Waals surface area contributed by atoms with E-state index in [1.807, 2.05) is 0 Å². The van der Waals surface area contributed by atoms with Gasteiger partial charge in [0.2, 0.25) is 0 Å². The number of aromatic carboxylic acids is 1. The molecular formula is C23H13Cl2Na3O9S. The predicted molar refractivity (Wildman–Crippen MR) is 119 cm³/mol. The zero-order chi connectivity index (χ0) is 26.4. The second kappa shape index (κ2) is 14.5. The first-order chi connectivity index (χ1) is 16.1. The van der Waals surface area contributed by atoms with Crippen LogP contribution in [0, 0.1) is 6.92 Å². The van der Waals surface area contributed by atoms with Gasteiger partial charge in [-0.3, -0.25) is 9.35 Å². The molecule has 0 aliphatic heterocycles. The number of hydrogen-bond acceptors (Lipinski definition) is 8. The van der Waals surface area contributed by atoms with Crippen molar-refractivity contribution in [2.45, 2.75) is 18.7 Å². The Morgan fingerprint density at radius 1 is 0.895 bits per heavy atom. The Morgan fingerprint density at radius 3 is 1.87 bits per heavy atom. The van der Waals surface area contributed by atoms with Gasteiger partial charge >= 0.3 is 88.7 Å². The van der Waals surface area contributed by atoms with Crippen molar-refractivity contribution in [2.24, 2.45) is 0 Å². The summed E-state index contributed by atoms with van der Waals surface area (Å²) in [5, 5.41) is 34.8. The Bertz CT molecular complexity index is 1520. The van der Waals surface area contributed by atoms with Crippen LogP contribution in [0.2, 0.25) is 10.0 Å². The molecule has 0 aromatic heterocycles. The second-order valence-corrected chi connectivity index (χ2v) is 9.76. The fourth-order valence-corrected chi connectivity index (χ4v) is 4.87. The molecule has 0 atom stereocenters. The third-order valence-corrected chi connectivity index (χ3v) is 6.56. The molecule has 0 fully saturated rings. The average molecular weight is 605 g/mol.